The molecule has 1 amide bonds. The highest BCUT2D eigenvalue weighted by molar-refractivity contribution is 6.30. The summed E-state index contributed by atoms with van der Waals surface area (Å²) in [4.78, 5) is 37.0. The minimum Gasteiger partial charge on any atom is -0.476 e. The number of anilines is 1. The number of nitrogens with zero attached hydrogens (tertiary/aromatic N) is 3. The number of carbonyl (C=O) groups excluding carboxylic acids is 1. The molecule has 0 unspecified atom stereocenters. The number of oxazole rings is 1. The van der Waals surface area contributed by atoms with Gasteiger partial charge in [-0.2, -0.15) is 4.98 Å². The second-order valence-electron chi connectivity index (χ2n) is 6.94. The fourth-order valence-electron chi connectivity index (χ4n) is 3.49. The third-order valence-electron chi connectivity index (χ3n) is 5.03. The van der Waals surface area contributed by atoms with Crippen LogP contribution < -0.4 is 10.2 Å². The van der Waals surface area contributed by atoms with Crippen LogP contribution in [0.25, 0.3) is 0 Å². The zero-order valence-corrected chi connectivity index (χ0v) is 18.0. The van der Waals surface area contributed by atoms with Crippen LogP contribution in [0.15, 0.2) is 4.42 Å². The minimum atomic E-state index is -1.12. The average molecular weight is 440 g/mol. The summed E-state index contributed by atoms with van der Waals surface area (Å²) in [6, 6.07) is 0.00587. The molecule has 0 aromatic carbocycles. The van der Waals surface area contributed by atoms with Crippen LogP contribution in [0.5, 0.6) is 0 Å². The zero-order chi connectivity index (χ0) is 21.8. The van der Waals surface area contributed by atoms with Gasteiger partial charge in [0.15, 0.2) is 16.7 Å². The smallest absolute Gasteiger partial charge is 0.358 e. The van der Waals surface area contributed by atoms with Gasteiger partial charge >= 0.3 is 5.97 Å². The molecule has 10 nitrogen and oxygen atoms in total. The van der Waals surface area contributed by atoms with Crippen LogP contribution in [0.2, 0.25) is 5.15 Å². The lowest BCUT2D eigenvalue weighted by molar-refractivity contribution is 0.0262. The summed E-state index contributed by atoms with van der Waals surface area (Å²) in [6.07, 6.45) is 1.32. The van der Waals surface area contributed by atoms with Crippen LogP contribution >= 0.6 is 11.6 Å². The van der Waals surface area contributed by atoms with E-state index in [2.05, 4.69) is 20.3 Å². The van der Waals surface area contributed by atoms with Crippen LogP contribution in [0.3, 0.4) is 0 Å². The largest absolute Gasteiger partial charge is 0.476 e. The molecule has 0 bridgehead atoms. The van der Waals surface area contributed by atoms with Gasteiger partial charge in [0.05, 0.1) is 24.4 Å². The maximum Gasteiger partial charge on any atom is 0.358 e. The number of aromatic amines is 1. The number of imidazole rings is 1. The summed E-state index contributed by atoms with van der Waals surface area (Å²) in [5, 5.41) is 12.6. The molecule has 11 heteroatoms. The topological polar surface area (TPSA) is 134 Å². The van der Waals surface area contributed by atoms with Gasteiger partial charge in [-0.25, -0.2) is 9.78 Å². The number of aromatic nitrogens is 3. The number of H-pyrrole nitrogens is 1. The Hall–Kier alpha value is -2.59. The Bertz CT molecular complexity index is 911. The van der Waals surface area contributed by atoms with E-state index in [1.54, 1.807) is 0 Å². The van der Waals surface area contributed by atoms with Crippen molar-refractivity contribution in [2.45, 2.75) is 52.2 Å². The number of carboxylic acids is 1. The molecule has 2 atom stereocenters. The van der Waals surface area contributed by atoms with E-state index in [1.165, 1.54) is 0 Å². The number of rotatable bonds is 8. The van der Waals surface area contributed by atoms with Crippen LogP contribution in [0.4, 0.5) is 6.01 Å². The molecular weight excluding hydrogens is 414 g/mol. The van der Waals surface area contributed by atoms with Gasteiger partial charge in [-0.15, -0.1) is 0 Å². The van der Waals surface area contributed by atoms with Gasteiger partial charge in [0, 0.05) is 19.6 Å². The molecule has 3 heterocycles. The minimum absolute atomic E-state index is 0.0719. The Labute approximate surface area is 179 Å². The number of halogens is 1. The van der Waals surface area contributed by atoms with Crippen LogP contribution in [-0.4, -0.2) is 63.8 Å². The third kappa shape index (κ3) is 4.59. The van der Waals surface area contributed by atoms with E-state index in [9.17, 15) is 14.7 Å². The number of hydrogen-bond acceptors (Lipinski definition) is 7. The van der Waals surface area contributed by atoms with E-state index in [1.807, 2.05) is 25.7 Å². The SMILES string of the molecule is CCO[C@H]1CN(c2nc(C(=O)O)c(CC)o2)CC[C@H]1NC(=O)c1nc(Cl)c(CC)[nH]1. The maximum atomic E-state index is 12.6. The second kappa shape index (κ2) is 9.48. The number of hydrogen-bond donors (Lipinski definition) is 3. The summed E-state index contributed by atoms with van der Waals surface area (Å²) in [5.41, 5.74) is 0.639. The normalized spacial score (nSPS) is 19.1. The van der Waals surface area contributed by atoms with Crippen molar-refractivity contribution in [3.63, 3.8) is 0 Å². The molecule has 3 rings (SSSR count). The monoisotopic (exact) mass is 439 g/mol. The van der Waals surface area contributed by atoms with Gasteiger partial charge in [-0.05, 0) is 19.8 Å². The Balaban J connectivity index is 1.72. The Morgan fingerprint density at radius 1 is 1.33 bits per heavy atom. The fourth-order valence-corrected chi connectivity index (χ4v) is 3.75. The number of piperidine rings is 1. The first-order valence-electron chi connectivity index (χ1n) is 10.0. The molecule has 2 aromatic rings. The standard InChI is InChI=1S/C19H26ClN5O5/c1-4-10-15(20)24-16(21-10)17(26)22-11-7-8-25(9-13(11)29-6-3)19-23-14(18(27)28)12(5-2)30-19/h11,13H,4-9H2,1-3H3,(H,21,24)(H,22,26)(H,27,28)/t11-,13+/m1/s1. The van der Waals surface area contributed by atoms with Gasteiger partial charge in [0.1, 0.15) is 5.76 Å². The Kier molecular flexibility index (Phi) is 6.99. The second-order valence-corrected chi connectivity index (χ2v) is 7.30. The van der Waals surface area contributed by atoms with Crippen molar-refractivity contribution in [2.75, 3.05) is 24.6 Å². The van der Waals surface area contributed by atoms with Gasteiger partial charge in [-0.1, -0.05) is 25.4 Å². The number of aryl methyl sites for hydroxylation is 2. The predicted molar refractivity (Wildman–Crippen MR) is 109 cm³/mol. The maximum absolute atomic E-state index is 12.6. The summed E-state index contributed by atoms with van der Waals surface area (Å²) in [5.74, 6) is -0.963. The van der Waals surface area contributed by atoms with Crippen molar-refractivity contribution in [3.05, 3.63) is 28.1 Å². The number of aromatic carboxylic acids is 1. The van der Waals surface area contributed by atoms with Crippen LogP contribution in [0.1, 0.15) is 59.8 Å². The van der Waals surface area contributed by atoms with Gasteiger partial charge in [0.25, 0.3) is 11.9 Å². The summed E-state index contributed by atoms with van der Waals surface area (Å²) in [6.45, 7) is 7.00. The Morgan fingerprint density at radius 3 is 2.67 bits per heavy atom. The first-order chi connectivity index (χ1) is 14.4. The molecule has 30 heavy (non-hydrogen) atoms. The number of ether oxygens (including phenoxy) is 1. The molecular formula is C19H26ClN5O5. The lowest BCUT2D eigenvalue weighted by Crippen LogP contribution is -2.55. The number of carbonyl (C=O) groups is 2. The quantitative estimate of drug-likeness (QED) is 0.570. The zero-order valence-electron chi connectivity index (χ0n) is 17.2. The van der Waals surface area contributed by atoms with Crippen molar-refractivity contribution in [1.82, 2.24) is 20.3 Å². The number of amides is 1. The van der Waals surface area contributed by atoms with E-state index in [0.29, 0.717) is 55.6 Å². The molecule has 0 aliphatic carbocycles. The number of carboxylic acid groups (broad SMARTS) is 1. The lowest BCUT2D eigenvalue weighted by atomic mass is 10.0. The van der Waals surface area contributed by atoms with Crippen molar-refractivity contribution in [3.8, 4) is 0 Å². The van der Waals surface area contributed by atoms with Crippen LogP contribution in [-0.2, 0) is 17.6 Å². The molecule has 164 valence electrons. The van der Waals surface area contributed by atoms with Gasteiger partial charge < -0.3 is 29.5 Å². The highest BCUT2D eigenvalue weighted by Crippen LogP contribution is 2.25. The first-order valence-corrected chi connectivity index (χ1v) is 10.4. The molecule has 1 fully saturated rings. The molecule has 2 aromatic heterocycles. The van der Waals surface area contributed by atoms with Crippen molar-refractivity contribution in [2.24, 2.45) is 0 Å². The van der Waals surface area contributed by atoms with Crippen LogP contribution in [0, 0.1) is 0 Å². The average Bonchev–Trinajstić information content (AvgIpc) is 3.33. The summed E-state index contributed by atoms with van der Waals surface area (Å²) >= 11 is 6.03. The molecule has 1 aliphatic rings. The van der Waals surface area contributed by atoms with E-state index >= 15 is 0 Å². The fraction of sp³-hybridized carbons (Fsp3) is 0.579. The molecule has 3 N–H and O–H groups in total. The highest BCUT2D eigenvalue weighted by Gasteiger charge is 2.34. The van der Waals surface area contributed by atoms with Crippen molar-refractivity contribution in [1.29, 1.82) is 0 Å². The molecule has 1 aliphatic heterocycles. The molecule has 0 spiro atoms. The third-order valence-corrected chi connectivity index (χ3v) is 5.35. The van der Waals surface area contributed by atoms with Crippen molar-refractivity contribution < 1.29 is 23.8 Å². The van der Waals surface area contributed by atoms with Crippen molar-refractivity contribution >= 4 is 29.5 Å². The van der Waals surface area contributed by atoms with E-state index < -0.39 is 5.97 Å². The first kappa shape index (κ1) is 22.1. The van der Waals surface area contributed by atoms with Gasteiger partial charge in [-0.3, -0.25) is 4.79 Å². The molecule has 0 saturated carbocycles. The summed E-state index contributed by atoms with van der Waals surface area (Å²) < 4.78 is 11.5. The lowest BCUT2D eigenvalue weighted by Gasteiger charge is -2.37. The van der Waals surface area contributed by atoms with E-state index in [4.69, 9.17) is 20.8 Å². The van der Waals surface area contributed by atoms with E-state index in [0.717, 1.165) is 0 Å². The summed E-state index contributed by atoms with van der Waals surface area (Å²) in [7, 11) is 0. The van der Waals surface area contributed by atoms with E-state index in [-0.39, 0.29) is 35.6 Å². The molecule has 0 radical (unpaired) electrons. The Morgan fingerprint density at radius 2 is 2.10 bits per heavy atom. The number of nitrogens with one attached hydrogen (secondary N) is 2. The predicted octanol–water partition coefficient (Wildman–Crippen LogP) is 2.29. The highest BCUT2D eigenvalue weighted by atomic mass is 35.5. The molecule has 1 saturated heterocycles. The van der Waals surface area contributed by atoms with Gasteiger partial charge in [0.2, 0.25) is 0 Å².